The van der Waals surface area contributed by atoms with Crippen LogP contribution in [0.3, 0.4) is 0 Å². The highest BCUT2D eigenvalue weighted by Gasteiger charge is 2.09. The second kappa shape index (κ2) is 9.27. The molecule has 0 N–H and O–H groups in total. The van der Waals surface area contributed by atoms with Gasteiger partial charge in [0.1, 0.15) is 0 Å². The van der Waals surface area contributed by atoms with Gasteiger partial charge >= 0.3 is 0 Å². The molecule has 0 bridgehead atoms. The summed E-state index contributed by atoms with van der Waals surface area (Å²) >= 11 is 0. The molecular formula is C22H29NO. The van der Waals surface area contributed by atoms with E-state index >= 15 is 0 Å². The van der Waals surface area contributed by atoms with Crippen LogP contribution in [0.1, 0.15) is 42.0 Å². The number of likely N-dealkylation sites (N-methyl/N-ethyl adjacent to an activating group) is 1. The van der Waals surface area contributed by atoms with Gasteiger partial charge < -0.3 is 4.90 Å². The largest absolute Gasteiger partial charge is 0.345 e. The molecule has 0 aliphatic heterocycles. The fourth-order valence-electron chi connectivity index (χ4n) is 2.97. The van der Waals surface area contributed by atoms with Crippen LogP contribution in [-0.4, -0.2) is 24.4 Å². The van der Waals surface area contributed by atoms with E-state index in [-0.39, 0.29) is 5.91 Å². The second-order valence-electron chi connectivity index (χ2n) is 6.56. The molecule has 128 valence electrons. The molecule has 0 atom stereocenters. The van der Waals surface area contributed by atoms with Gasteiger partial charge in [0.05, 0.1) is 0 Å². The van der Waals surface area contributed by atoms with E-state index in [4.69, 9.17) is 0 Å². The Bertz CT molecular complexity index is 663. The van der Waals surface area contributed by atoms with Crippen molar-refractivity contribution in [1.82, 2.24) is 4.90 Å². The third kappa shape index (κ3) is 5.52. The van der Waals surface area contributed by atoms with Gasteiger partial charge in [-0.2, -0.15) is 0 Å². The molecule has 2 aromatic rings. The molecule has 0 aliphatic rings. The van der Waals surface area contributed by atoms with E-state index in [0.29, 0.717) is 6.42 Å². The minimum Gasteiger partial charge on any atom is -0.345 e. The Morgan fingerprint density at radius 3 is 2.38 bits per heavy atom. The summed E-state index contributed by atoms with van der Waals surface area (Å²) in [6.07, 6.45) is 4.59. The predicted octanol–water partition coefficient (Wildman–Crippen LogP) is 4.58. The van der Waals surface area contributed by atoms with E-state index in [2.05, 4.69) is 62.4 Å². The Morgan fingerprint density at radius 1 is 0.958 bits per heavy atom. The molecule has 0 aliphatic carbocycles. The summed E-state index contributed by atoms with van der Waals surface area (Å²) in [6.45, 7) is 5.10. The molecule has 1 amide bonds. The van der Waals surface area contributed by atoms with E-state index in [0.717, 1.165) is 32.2 Å². The van der Waals surface area contributed by atoms with Crippen LogP contribution in [0, 0.1) is 6.92 Å². The molecular weight excluding hydrogens is 294 g/mol. The molecule has 0 spiro atoms. The molecule has 2 nitrogen and oxygen atoms in total. The first-order chi connectivity index (χ1) is 11.6. The van der Waals surface area contributed by atoms with Crippen LogP contribution in [0.15, 0.2) is 48.5 Å². The first kappa shape index (κ1) is 18.3. The normalized spacial score (nSPS) is 10.6. The van der Waals surface area contributed by atoms with Crippen molar-refractivity contribution in [3.8, 4) is 0 Å². The van der Waals surface area contributed by atoms with E-state index in [9.17, 15) is 4.79 Å². The smallest absolute Gasteiger partial charge is 0.222 e. The van der Waals surface area contributed by atoms with Crippen molar-refractivity contribution in [3.63, 3.8) is 0 Å². The maximum Gasteiger partial charge on any atom is 0.222 e. The molecule has 2 heteroatoms. The lowest BCUT2D eigenvalue weighted by molar-refractivity contribution is -0.129. The summed E-state index contributed by atoms with van der Waals surface area (Å²) in [6, 6.07) is 17.0. The van der Waals surface area contributed by atoms with Gasteiger partial charge in [-0.05, 0) is 48.4 Å². The van der Waals surface area contributed by atoms with Crippen molar-refractivity contribution in [2.75, 3.05) is 13.6 Å². The van der Waals surface area contributed by atoms with Gasteiger partial charge in [0.2, 0.25) is 5.91 Å². The van der Waals surface area contributed by atoms with Gasteiger partial charge in [-0.1, -0.05) is 61.9 Å². The number of hydrogen-bond acceptors (Lipinski definition) is 1. The number of rotatable bonds is 8. The Balaban J connectivity index is 1.81. The minimum atomic E-state index is 0.226. The van der Waals surface area contributed by atoms with Crippen LogP contribution in [0.5, 0.6) is 0 Å². The van der Waals surface area contributed by atoms with Crippen molar-refractivity contribution in [2.45, 2.75) is 46.0 Å². The van der Waals surface area contributed by atoms with Crippen molar-refractivity contribution in [1.29, 1.82) is 0 Å². The zero-order valence-corrected chi connectivity index (χ0v) is 15.2. The topological polar surface area (TPSA) is 20.3 Å². The van der Waals surface area contributed by atoms with Crippen LogP contribution in [0.2, 0.25) is 0 Å². The lowest BCUT2D eigenvalue weighted by atomic mass is 10.0. The van der Waals surface area contributed by atoms with E-state index < -0.39 is 0 Å². The number of carbonyl (C=O) groups is 1. The van der Waals surface area contributed by atoms with Gasteiger partial charge in [0.15, 0.2) is 0 Å². The summed E-state index contributed by atoms with van der Waals surface area (Å²) in [5, 5.41) is 0. The third-order valence-corrected chi connectivity index (χ3v) is 4.56. The highest BCUT2D eigenvalue weighted by molar-refractivity contribution is 5.76. The quantitative estimate of drug-likeness (QED) is 0.696. The fraction of sp³-hybridized carbons (Fsp3) is 0.409. The van der Waals surface area contributed by atoms with Gasteiger partial charge in [0.25, 0.3) is 0 Å². The van der Waals surface area contributed by atoms with Gasteiger partial charge in [-0.3, -0.25) is 4.79 Å². The Kier molecular flexibility index (Phi) is 7.05. The van der Waals surface area contributed by atoms with Crippen molar-refractivity contribution >= 4 is 5.91 Å². The molecule has 2 rings (SSSR count). The second-order valence-corrected chi connectivity index (χ2v) is 6.56. The molecule has 0 fully saturated rings. The molecule has 0 unspecified atom stereocenters. The highest BCUT2D eigenvalue weighted by Crippen LogP contribution is 2.11. The first-order valence-electron chi connectivity index (χ1n) is 8.96. The van der Waals surface area contributed by atoms with Crippen LogP contribution in [0.25, 0.3) is 0 Å². The van der Waals surface area contributed by atoms with Crippen molar-refractivity contribution in [2.24, 2.45) is 0 Å². The zero-order chi connectivity index (χ0) is 17.4. The van der Waals surface area contributed by atoms with Crippen molar-refractivity contribution < 1.29 is 4.79 Å². The number of hydrogen-bond donors (Lipinski definition) is 0. The van der Waals surface area contributed by atoms with Crippen molar-refractivity contribution in [3.05, 3.63) is 70.8 Å². The molecule has 2 aromatic carbocycles. The molecule has 24 heavy (non-hydrogen) atoms. The number of amides is 1. The number of benzene rings is 2. The monoisotopic (exact) mass is 323 g/mol. The average Bonchev–Trinajstić information content (AvgIpc) is 2.59. The summed E-state index contributed by atoms with van der Waals surface area (Å²) in [4.78, 5) is 14.2. The molecule has 0 aromatic heterocycles. The Hall–Kier alpha value is -2.09. The van der Waals surface area contributed by atoms with Gasteiger partial charge in [-0.25, -0.2) is 0 Å². The van der Waals surface area contributed by atoms with Crippen LogP contribution >= 0.6 is 0 Å². The maximum atomic E-state index is 12.4. The highest BCUT2D eigenvalue weighted by atomic mass is 16.2. The number of nitrogens with zero attached hydrogens (tertiary/aromatic N) is 1. The standard InChI is InChI=1S/C22H29NO/c1-4-8-19-10-7-11-20(17-19)13-14-22(24)23(3)16-15-21-12-6-5-9-18(21)2/h5-7,9-12,17H,4,8,13-16H2,1-3H3. The number of carbonyl (C=O) groups excluding carboxylic acids is 1. The third-order valence-electron chi connectivity index (χ3n) is 4.56. The first-order valence-corrected chi connectivity index (χ1v) is 8.96. The Labute approximate surface area is 146 Å². The zero-order valence-electron chi connectivity index (χ0n) is 15.2. The van der Waals surface area contributed by atoms with Gasteiger partial charge in [0, 0.05) is 20.0 Å². The Morgan fingerprint density at radius 2 is 1.67 bits per heavy atom. The van der Waals surface area contributed by atoms with E-state index in [1.165, 1.54) is 22.3 Å². The number of aryl methyl sites for hydroxylation is 3. The van der Waals surface area contributed by atoms with Gasteiger partial charge in [-0.15, -0.1) is 0 Å². The van der Waals surface area contributed by atoms with E-state index in [1.807, 2.05) is 11.9 Å². The van der Waals surface area contributed by atoms with Crippen LogP contribution in [-0.2, 0) is 24.1 Å². The predicted molar refractivity (Wildman–Crippen MR) is 101 cm³/mol. The fourth-order valence-corrected chi connectivity index (χ4v) is 2.97. The average molecular weight is 323 g/mol. The molecule has 0 heterocycles. The SMILES string of the molecule is CCCc1cccc(CCC(=O)N(C)CCc2ccccc2C)c1. The summed E-state index contributed by atoms with van der Waals surface area (Å²) in [5.74, 6) is 0.226. The lowest BCUT2D eigenvalue weighted by Gasteiger charge is -2.18. The summed E-state index contributed by atoms with van der Waals surface area (Å²) in [5.41, 5.74) is 5.26. The van der Waals surface area contributed by atoms with Crippen LogP contribution in [0.4, 0.5) is 0 Å². The molecule has 0 saturated heterocycles. The summed E-state index contributed by atoms with van der Waals surface area (Å²) < 4.78 is 0. The molecule has 0 saturated carbocycles. The van der Waals surface area contributed by atoms with E-state index in [1.54, 1.807) is 0 Å². The maximum absolute atomic E-state index is 12.4. The summed E-state index contributed by atoms with van der Waals surface area (Å²) in [7, 11) is 1.91. The van der Waals surface area contributed by atoms with Crippen LogP contribution < -0.4 is 0 Å². The molecule has 0 radical (unpaired) electrons. The minimum absolute atomic E-state index is 0.226. The lowest BCUT2D eigenvalue weighted by Crippen LogP contribution is -2.29.